The van der Waals surface area contributed by atoms with Crippen molar-refractivity contribution >= 4 is 11.8 Å². The molecule has 21 heavy (non-hydrogen) atoms. The van der Waals surface area contributed by atoms with E-state index in [2.05, 4.69) is 16.0 Å². The molecule has 2 rings (SSSR count). The first kappa shape index (κ1) is 15.5. The Morgan fingerprint density at radius 3 is 2.67 bits per heavy atom. The van der Waals surface area contributed by atoms with Crippen molar-refractivity contribution in [3.05, 3.63) is 35.9 Å². The van der Waals surface area contributed by atoms with Crippen LogP contribution in [0.15, 0.2) is 30.3 Å². The van der Waals surface area contributed by atoms with E-state index in [4.69, 9.17) is 4.74 Å². The predicted molar refractivity (Wildman–Crippen MR) is 78.5 cm³/mol. The number of rotatable bonds is 6. The first-order valence-corrected chi connectivity index (χ1v) is 7.04. The highest BCUT2D eigenvalue weighted by atomic mass is 16.5. The smallest absolute Gasteiger partial charge is 0.239 e. The first-order chi connectivity index (χ1) is 10.2. The highest BCUT2D eigenvalue weighted by Crippen LogP contribution is 2.13. The maximum atomic E-state index is 12.0. The molecule has 0 aliphatic carbocycles. The third-order valence-electron chi connectivity index (χ3n) is 3.54. The van der Waals surface area contributed by atoms with Crippen molar-refractivity contribution in [2.45, 2.75) is 12.6 Å². The molecule has 1 aliphatic rings. The van der Waals surface area contributed by atoms with E-state index in [9.17, 15) is 9.59 Å². The minimum absolute atomic E-state index is 0.0115. The second kappa shape index (κ2) is 7.75. The largest absolute Gasteiger partial charge is 0.379 e. The summed E-state index contributed by atoms with van der Waals surface area (Å²) in [5.41, 5.74) is 1.02. The molecule has 1 fully saturated rings. The Morgan fingerprint density at radius 1 is 1.19 bits per heavy atom. The van der Waals surface area contributed by atoms with Gasteiger partial charge in [0.25, 0.3) is 0 Å². The lowest BCUT2D eigenvalue weighted by Gasteiger charge is -2.16. The molecule has 1 aromatic carbocycles. The van der Waals surface area contributed by atoms with Gasteiger partial charge in [0.2, 0.25) is 11.8 Å². The van der Waals surface area contributed by atoms with Crippen molar-refractivity contribution in [2.75, 3.05) is 26.8 Å². The van der Waals surface area contributed by atoms with Crippen molar-refractivity contribution in [1.82, 2.24) is 16.0 Å². The molecule has 2 unspecified atom stereocenters. The summed E-state index contributed by atoms with van der Waals surface area (Å²) in [7, 11) is 1.80. The molecule has 6 nitrogen and oxygen atoms in total. The van der Waals surface area contributed by atoms with E-state index < -0.39 is 0 Å². The number of likely N-dealkylation sites (N-methyl/N-ethyl adjacent to an activating group) is 1. The number of nitrogens with one attached hydrogen (secondary N) is 3. The van der Waals surface area contributed by atoms with E-state index in [1.807, 2.05) is 30.3 Å². The molecular formula is C15H21N3O3. The van der Waals surface area contributed by atoms with Crippen LogP contribution in [0.5, 0.6) is 0 Å². The summed E-state index contributed by atoms with van der Waals surface area (Å²) in [5, 5.41) is 8.47. The molecule has 3 N–H and O–H groups in total. The summed E-state index contributed by atoms with van der Waals surface area (Å²) >= 11 is 0. The van der Waals surface area contributed by atoms with Gasteiger partial charge in [-0.3, -0.25) is 9.59 Å². The fourth-order valence-electron chi connectivity index (χ4n) is 2.25. The van der Waals surface area contributed by atoms with E-state index in [1.54, 1.807) is 7.05 Å². The zero-order valence-corrected chi connectivity index (χ0v) is 12.1. The fourth-order valence-corrected chi connectivity index (χ4v) is 2.25. The molecule has 0 radical (unpaired) electrons. The topological polar surface area (TPSA) is 79.5 Å². The van der Waals surface area contributed by atoms with Crippen LogP contribution in [0.4, 0.5) is 0 Å². The van der Waals surface area contributed by atoms with Gasteiger partial charge in [-0.1, -0.05) is 30.3 Å². The molecule has 1 aromatic rings. The number of hydrogen-bond donors (Lipinski definition) is 3. The molecule has 0 aromatic heterocycles. The van der Waals surface area contributed by atoms with Gasteiger partial charge in [-0.15, -0.1) is 0 Å². The fraction of sp³-hybridized carbons (Fsp3) is 0.467. The lowest BCUT2D eigenvalue weighted by atomic mass is 10.0. The molecule has 0 spiro atoms. The van der Waals surface area contributed by atoms with Crippen LogP contribution in [0.3, 0.4) is 0 Å². The van der Waals surface area contributed by atoms with Gasteiger partial charge in [0.1, 0.15) is 0 Å². The molecule has 2 atom stereocenters. The Morgan fingerprint density at radius 2 is 1.95 bits per heavy atom. The van der Waals surface area contributed by atoms with Crippen LogP contribution < -0.4 is 16.0 Å². The van der Waals surface area contributed by atoms with E-state index in [1.165, 1.54) is 0 Å². The average molecular weight is 291 g/mol. The Labute approximate surface area is 124 Å². The zero-order valence-electron chi connectivity index (χ0n) is 12.1. The number of benzene rings is 1. The number of ether oxygens (including phenoxy) is 1. The van der Waals surface area contributed by atoms with Gasteiger partial charge < -0.3 is 20.7 Å². The first-order valence-electron chi connectivity index (χ1n) is 7.04. The molecule has 1 aliphatic heterocycles. The molecule has 1 saturated heterocycles. The summed E-state index contributed by atoms with van der Waals surface area (Å²) in [4.78, 5) is 23.7. The van der Waals surface area contributed by atoms with Gasteiger partial charge in [-0.05, 0) is 12.6 Å². The number of hydrogen-bond acceptors (Lipinski definition) is 4. The van der Waals surface area contributed by atoms with Gasteiger partial charge in [0.15, 0.2) is 0 Å². The summed E-state index contributed by atoms with van der Waals surface area (Å²) in [5.74, 6) is -0.592. The van der Waals surface area contributed by atoms with E-state index in [0.717, 1.165) is 5.56 Å². The second-order valence-electron chi connectivity index (χ2n) is 5.02. The highest BCUT2D eigenvalue weighted by molar-refractivity contribution is 5.86. The van der Waals surface area contributed by atoms with Crippen LogP contribution in [0.25, 0.3) is 0 Å². The SMILES string of the molecule is CNC1COCC1C(=O)NCC(=O)NCc1ccccc1. The maximum absolute atomic E-state index is 12.0. The van der Waals surface area contributed by atoms with Gasteiger partial charge in [0.05, 0.1) is 25.7 Å². The van der Waals surface area contributed by atoms with E-state index in [0.29, 0.717) is 19.8 Å². The number of amides is 2. The Bertz CT molecular complexity index is 478. The van der Waals surface area contributed by atoms with E-state index in [-0.39, 0.29) is 30.3 Å². The Balaban J connectivity index is 1.70. The van der Waals surface area contributed by atoms with Crippen LogP contribution in [-0.2, 0) is 20.9 Å². The van der Waals surface area contributed by atoms with Crippen LogP contribution in [0.1, 0.15) is 5.56 Å². The molecular weight excluding hydrogens is 270 g/mol. The van der Waals surface area contributed by atoms with Crippen LogP contribution in [-0.4, -0.2) is 44.7 Å². The van der Waals surface area contributed by atoms with Crippen molar-refractivity contribution in [1.29, 1.82) is 0 Å². The number of carbonyl (C=O) groups excluding carboxylic acids is 2. The highest BCUT2D eigenvalue weighted by Gasteiger charge is 2.32. The summed E-state index contributed by atoms with van der Waals surface area (Å²) in [6, 6.07) is 9.64. The third kappa shape index (κ3) is 4.54. The van der Waals surface area contributed by atoms with Crippen molar-refractivity contribution in [3.8, 4) is 0 Å². The van der Waals surface area contributed by atoms with Gasteiger partial charge in [-0.2, -0.15) is 0 Å². The second-order valence-corrected chi connectivity index (χ2v) is 5.02. The molecule has 1 heterocycles. The molecule has 0 saturated carbocycles. The standard InChI is InChI=1S/C15H21N3O3/c1-16-13-10-21-9-12(13)15(20)18-8-14(19)17-7-11-5-3-2-4-6-11/h2-6,12-13,16H,7-10H2,1H3,(H,17,19)(H,18,20). The normalized spacial score (nSPS) is 21.0. The lowest BCUT2D eigenvalue weighted by molar-refractivity contribution is -0.128. The minimum atomic E-state index is -0.239. The lowest BCUT2D eigenvalue weighted by Crippen LogP contribution is -2.45. The van der Waals surface area contributed by atoms with Crippen molar-refractivity contribution in [3.63, 3.8) is 0 Å². The quantitative estimate of drug-likeness (QED) is 0.669. The average Bonchev–Trinajstić information content (AvgIpc) is 3.00. The Kier molecular flexibility index (Phi) is 5.71. The van der Waals surface area contributed by atoms with Crippen LogP contribution in [0.2, 0.25) is 0 Å². The minimum Gasteiger partial charge on any atom is -0.379 e. The third-order valence-corrected chi connectivity index (χ3v) is 3.54. The number of carbonyl (C=O) groups is 2. The van der Waals surface area contributed by atoms with Crippen molar-refractivity contribution < 1.29 is 14.3 Å². The predicted octanol–water partition coefficient (Wildman–Crippen LogP) is -0.347. The molecule has 2 amide bonds. The van der Waals surface area contributed by atoms with Crippen LogP contribution >= 0.6 is 0 Å². The molecule has 114 valence electrons. The van der Waals surface area contributed by atoms with Crippen LogP contribution in [0, 0.1) is 5.92 Å². The molecule has 6 heteroatoms. The summed E-state index contributed by atoms with van der Waals surface area (Å²) in [6.45, 7) is 1.36. The summed E-state index contributed by atoms with van der Waals surface area (Å²) in [6.07, 6.45) is 0. The zero-order chi connectivity index (χ0) is 15.1. The monoisotopic (exact) mass is 291 g/mol. The summed E-state index contributed by atoms with van der Waals surface area (Å²) < 4.78 is 5.27. The van der Waals surface area contributed by atoms with E-state index >= 15 is 0 Å². The van der Waals surface area contributed by atoms with Gasteiger partial charge in [-0.25, -0.2) is 0 Å². The maximum Gasteiger partial charge on any atom is 0.239 e. The molecule has 0 bridgehead atoms. The van der Waals surface area contributed by atoms with Gasteiger partial charge in [0, 0.05) is 12.6 Å². The Hall–Kier alpha value is -1.92. The van der Waals surface area contributed by atoms with Gasteiger partial charge >= 0.3 is 0 Å². The van der Waals surface area contributed by atoms with Crippen molar-refractivity contribution in [2.24, 2.45) is 5.92 Å².